The van der Waals surface area contributed by atoms with Gasteiger partial charge in [0.05, 0.1) is 26.2 Å². The van der Waals surface area contributed by atoms with Crippen LogP contribution in [-0.4, -0.2) is 34.4 Å². The van der Waals surface area contributed by atoms with Crippen molar-refractivity contribution >= 4 is 30.0 Å². The SMILES string of the molecule is COc1cc(OC)c2c(c1)O[C@@](c1ccc(Br)cc1)(C(c1ccccc1)C(C#N)O[Si](C)(C)C)C2=O. The molecule has 2 unspecified atom stereocenters. The molecule has 0 bridgehead atoms. The van der Waals surface area contributed by atoms with Gasteiger partial charge in [0.25, 0.3) is 0 Å². The number of fused-ring (bicyclic) bond motifs is 1. The minimum Gasteiger partial charge on any atom is -0.496 e. The van der Waals surface area contributed by atoms with Crippen molar-refractivity contribution in [1.82, 2.24) is 0 Å². The summed E-state index contributed by atoms with van der Waals surface area (Å²) in [5, 5.41) is 10.4. The molecule has 1 aliphatic rings. The zero-order valence-electron chi connectivity index (χ0n) is 20.9. The monoisotopic (exact) mass is 565 g/mol. The highest BCUT2D eigenvalue weighted by atomic mass is 79.9. The van der Waals surface area contributed by atoms with E-state index in [1.165, 1.54) is 7.11 Å². The van der Waals surface area contributed by atoms with Gasteiger partial charge in [-0.3, -0.25) is 4.79 Å². The number of hydrogen-bond acceptors (Lipinski definition) is 6. The highest BCUT2D eigenvalue weighted by Crippen LogP contribution is 2.54. The van der Waals surface area contributed by atoms with Crippen LogP contribution in [0.1, 0.15) is 27.4 Å². The molecule has 0 saturated carbocycles. The first kappa shape index (κ1) is 26.0. The molecule has 0 aliphatic carbocycles. The van der Waals surface area contributed by atoms with Crippen molar-refractivity contribution in [2.75, 3.05) is 14.2 Å². The van der Waals surface area contributed by atoms with Crippen molar-refractivity contribution in [2.45, 2.75) is 37.3 Å². The summed E-state index contributed by atoms with van der Waals surface area (Å²) in [6.45, 7) is 6.06. The highest BCUT2D eigenvalue weighted by Gasteiger charge is 2.59. The van der Waals surface area contributed by atoms with Gasteiger partial charge in [-0.2, -0.15) is 5.26 Å². The molecule has 0 amide bonds. The van der Waals surface area contributed by atoms with Crippen molar-refractivity contribution in [3.63, 3.8) is 0 Å². The Kier molecular flexibility index (Phi) is 7.28. The first-order valence-electron chi connectivity index (χ1n) is 11.5. The Morgan fingerprint density at radius 1 is 1.00 bits per heavy atom. The predicted octanol–water partition coefficient (Wildman–Crippen LogP) is 6.46. The summed E-state index contributed by atoms with van der Waals surface area (Å²) in [7, 11) is 0.838. The number of benzene rings is 3. The minimum absolute atomic E-state index is 0.299. The molecular weight excluding hydrogens is 538 g/mol. The fourth-order valence-corrected chi connectivity index (χ4v) is 5.87. The van der Waals surface area contributed by atoms with Gasteiger partial charge in [0.15, 0.2) is 8.32 Å². The van der Waals surface area contributed by atoms with Crippen molar-refractivity contribution in [3.05, 3.63) is 87.9 Å². The molecular formula is C28H28BrNO5Si. The van der Waals surface area contributed by atoms with Crippen molar-refractivity contribution < 1.29 is 23.4 Å². The van der Waals surface area contributed by atoms with Crippen LogP contribution >= 0.6 is 15.9 Å². The Morgan fingerprint density at radius 2 is 1.67 bits per heavy atom. The Morgan fingerprint density at radius 3 is 2.22 bits per heavy atom. The third-order valence-electron chi connectivity index (χ3n) is 6.11. The number of nitrogens with zero attached hydrogens (tertiary/aromatic N) is 1. The Balaban J connectivity index is 2.04. The number of Topliss-reactive ketones (excluding diaryl/α,β-unsaturated/α-hetero) is 1. The molecule has 6 nitrogen and oxygen atoms in total. The molecule has 0 fully saturated rings. The van der Waals surface area contributed by atoms with Crippen LogP contribution in [-0.2, 0) is 10.0 Å². The van der Waals surface area contributed by atoms with Gasteiger partial charge in [0.1, 0.15) is 28.9 Å². The lowest BCUT2D eigenvalue weighted by Crippen LogP contribution is -2.50. The van der Waals surface area contributed by atoms with Gasteiger partial charge in [0.2, 0.25) is 11.4 Å². The lowest BCUT2D eigenvalue weighted by Gasteiger charge is -2.40. The van der Waals surface area contributed by atoms with E-state index in [9.17, 15) is 10.1 Å². The molecule has 8 heteroatoms. The summed E-state index contributed by atoms with van der Waals surface area (Å²) in [5.41, 5.74) is 0.106. The van der Waals surface area contributed by atoms with E-state index >= 15 is 0 Å². The standard InChI is InChI=1S/C28H28BrNO5Si/c1-32-21-15-22(33-2)25-23(16-21)34-28(27(25)31,19-11-13-20(29)14-12-19)26(18-9-7-6-8-10-18)24(17-30)35-36(3,4)5/h6-16,24,26H,1-5H3/t24?,26?,28-/m0/s1. The van der Waals surface area contributed by atoms with Gasteiger partial charge in [0, 0.05) is 22.2 Å². The number of methoxy groups -OCH3 is 2. The van der Waals surface area contributed by atoms with Crippen LogP contribution in [0.5, 0.6) is 17.2 Å². The number of rotatable bonds is 8. The summed E-state index contributed by atoms with van der Waals surface area (Å²) in [6, 6.07) is 22.6. The number of hydrogen-bond donors (Lipinski definition) is 0. The second-order valence-corrected chi connectivity index (χ2v) is 14.9. The maximum atomic E-state index is 14.6. The molecule has 3 aromatic carbocycles. The van der Waals surface area contributed by atoms with Gasteiger partial charge >= 0.3 is 0 Å². The van der Waals surface area contributed by atoms with Crippen LogP contribution < -0.4 is 14.2 Å². The fraction of sp³-hybridized carbons (Fsp3) is 0.286. The quantitative estimate of drug-likeness (QED) is 0.291. The van der Waals surface area contributed by atoms with E-state index < -0.39 is 25.9 Å². The first-order chi connectivity index (χ1) is 17.1. The number of ether oxygens (including phenoxy) is 3. The van der Waals surface area contributed by atoms with Gasteiger partial charge in [-0.25, -0.2) is 0 Å². The van der Waals surface area contributed by atoms with Gasteiger partial charge < -0.3 is 18.6 Å². The van der Waals surface area contributed by atoms with Crippen molar-refractivity contribution in [3.8, 4) is 23.3 Å². The Hall–Kier alpha value is -3.12. The number of nitriles is 1. The van der Waals surface area contributed by atoms with E-state index in [1.807, 2.05) is 74.2 Å². The second kappa shape index (κ2) is 10.1. The third kappa shape index (κ3) is 4.66. The lowest BCUT2D eigenvalue weighted by atomic mass is 9.71. The second-order valence-electron chi connectivity index (χ2n) is 9.54. The highest BCUT2D eigenvalue weighted by molar-refractivity contribution is 9.10. The van der Waals surface area contributed by atoms with Crippen LogP contribution in [0.25, 0.3) is 0 Å². The molecule has 3 atom stereocenters. The van der Waals surface area contributed by atoms with Crippen molar-refractivity contribution in [2.24, 2.45) is 0 Å². The Labute approximate surface area is 221 Å². The zero-order chi connectivity index (χ0) is 26.1. The van der Waals surface area contributed by atoms with E-state index in [4.69, 9.17) is 18.6 Å². The molecule has 3 aromatic rings. The molecule has 1 heterocycles. The van der Waals surface area contributed by atoms with Gasteiger partial charge in [-0.15, -0.1) is 0 Å². The van der Waals surface area contributed by atoms with E-state index in [0.29, 0.717) is 28.4 Å². The van der Waals surface area contributed by atoms with Gasteiger partial charge in [-0.05, 0) is 37.3 Å². The van der Waals surface area contributed by atoms with E-state index in [0.717, 1.165) is 10.0 Å². The molecule has 0 saturated heterocycles. The third-order valence-corrected chi connectivity index (χ3v) is 7.60. The normalized spacial score (nSPS) is 18.5. The maximum absolute atomic E-state index is 14.6. The summed E-state index contributed by atoms with van der Waals surface area (Å²) < 4.78 is 25.0. The summed E-state index contributed by atoms with van der Waals surface area (Å²) in [4.78, 5) is 14.6. The maximum Gasteiger partial charge on any atom is 0.219 e. The average molecular weight is 567 g/mol. The fourth-order valence-electron chi connectivity index (χ4n) is 4.66. The Bertz CT molecular complexity index is 1300. The number of carbonyl (C=O) groups excluding carboxylic acids is 1. The number of carbonyl (C=O) groups is 1. The molecule has 1 aliphatic heterocycles. The van der Waals surface area contributed by atoms with E-state index in [-0.39, 0.29) is 5.78 Å². The van der Waals surface area contributed by atoms with Crippen LogP contribution in [0.4, 0.5) is 0 Å². The van der Waals surface area contributed by atoms with Crippen LogP contribution in [0.15, 0.2) is 71.2 Å². The van der Waals surface area contributed by atoms with Crippen molar-refractivity contribution in [1.29, 1.82) is 5.26 Å². The predicted molar refractivity (Wildman–Crippen MR) is 143 cm³/mol. The average Bonchev–Trinajstić information content (AvgIpc) is 3.16. The number of halogens is 1. The zero-order valence-corrected chi connectivity index (χ0v) is 23.5. The minimum atomic E-state index is -2.21. The lowest BCUT2D eigenvalue weighted by molar-refractivity contribution is 0.0203. The summed E-state index contributed by atoms with van der Waals surface area (Å²) in [5.74, 6) is 0.112. The van der Waals surface area contributed by atoms with Crippen LogP contribution in [0.2, 0.25) is 19.6 Å². The molecule has 36 heavy (non-hydrogen) atoms. The molecule has 0 N–H and O–H groups in total. The molecule has 0 aromatic heterocycles. The summed E-state index contributed by atoms with van der Waals surface area (Å²) in [6.07, 6.45) is -0.950. The first-order valence-corrected chi connectivity index (χ1v) is 15.7. The van der Waals surface area contributed by atoms with Crippen LogP contribution in [0.3, 0.4) is 0 Å². The summed E-state index contributed by atoms with van der Waals surface area (Å²) >= 11 is 3.49. The smallest absolute Gasteiger partial charge is 0.219 e. The number of ketones is 1. The topological polar surface area (TPSA) is 77.8 Å². The molecule has 0 spiro atoms. The van der Waals surface area contributed by atoms with Crippen LogP contribution in [0, 0.1) is 11.3 Å². The van der Waals surface area contributed by atoms with E-state index in [1.54, 1.807) is 19.2 Å². The molecule has 0 radical (unpaired) electrons. The molecule has 4 rings (SSSR count). The van der Waals surface area contributed by atoms with E-state index in [2.05, 4.69) is 22.0 Å². The largest absolute Gasteiger partial charge is 0.496 e. The molecule has 186 valence electrons. The van der Waals surface area contributed by atoms with Gasteiger partial charge in [-0.1, -0.05) is 58.4 Å².